The van der Waals surface area contributed by atoms with E-state index in [1.54, 1.807) is 0 Å². The normalized spacial score (nSPS) is 27.2. The van der Waals surface area contributed by atoms with Gasteiger partial charge in [-0.15, -0.1) is 0 Å². The highest BCUT2D eigenvalue weighted by molar-refractivity contribution is 6.00. The van der Waals surface area contributed by atoms with E-state index >= 15 is 0 Å². The van der Waals surface area contributed by atoms with Gasteiger partial charge in [-0.3, -0.25) is 4.79 Å². The van der Waals surface area contributed by atoms with E-state index in [0.717, 1.165) is 30.0 Å². The molecule has 0 spiro atoms. The van der Waals surface area contributed by atoms with Crippen LogP contribution in [0.4, 0.5) is 5.82 Å². The summed E-state index contributed by atoms with van der Waals surface area (Å²) < 4.78 is 7.95. The Kier molecular flexibility index (Phi) is 4.16. The average molecular weight is 383 g/mol. The van der Waals surface area contributed by atoms with Crippen molar-refractivity contribution in [3.05, 3.63) is 29.6 Å². The van der Waals surface area contributed by atoms with Crippen molar-refractivity contribution < 1.29 is 9.53 Å². The number of carbonyl (C=O) groups is 1. The van der Waals surface area contributed by atoms with Crippen LogP contribution in [-0.2, 0) is 4.74 Å². The molecule has 0 radical (unpaired) electrons. The second kappa shape index (κ2) is 6.48. The fourth-order valence-corrected chi connectivity index (χ4v) is 4.94. The molecule has 2 atom stereocenters. The number of carbonyl (C=O) groups excluding carboxylic acids is 1. The molecule has 0 aromatic carbocycles. The van der Waals surface area contributed by atoms with Gasteiger partial charge >= 0.3 is 0 Å². The maximum absolute atomic E-state index is 13.0. The maximum atomic E-state index is 13.0. The molecule has 1 aliphatic carbocycles. The molecule has 2 N–H and O–H groups in total. The summed E-state index contributed by atoms with van der Waals surface area (Å²) in [6.07, 6.45) is 9.53. The van der Waals surface area contributed by atoms with Crippen LogP contribution in [0.5, 0.6) is 0 Å². The van der Waals surface area contributed by atoms with E-state index in [9.17, 15) is 4.79 Å². The van der Waals surface area contributed by atoms with Crippen LogP contribution < -0.4 is 10.6 Å². The molecule has 2 aromatic heterocycles. The number of anilines is 1. The lowest BCUT2D eigenvalue weighted by molar-refractivity contribution is 0.000656. The first-order valence-corrected chi connectivity index (χ1v) is 10.6. The van der Waals surface area contributed by atoms with E-state index < -0.39 is 0 Å². The van der Waals surface area contributed by atoms with Crippen LogP contribution >= 0.6 is 0 Å². The number of nitrogens with zero attached hydrogens (tertiary/aromatic N) is 2. The van der Waals surface area contributed by atoms with Gasteiger partial charge in [0.05, 0.1) is 17.8 Å². The molecule has 2 saturated heterocycles. The molecule has 4 heterocycles. The van der Waals surface area contributed by atoms with Crippen molar-refractivity contribution in [2.75, 3.05) is 5.32 Å². The molecule has 5 rings (SSSR count). The predicted molar refractivity (Wildman–Crippen MR) is 109 cm³/mol. The van der Waals surface area contributed by atoms with Crippen molar-refractivity contribution in [2.24, 2.45) is 5.92 Å². The fraction of sp³-hybridized carbons (Fsp3) is 0.636. The summed E-state index contributed by atoms with van der Waals surface area (Å²) in [5, 5.41) is 6.83. The van der Waals surface area contributed by atoms with Crippen LogP contribution in [0, 0.1) is 12.8 Å². The molecule has 2 aliphatic heterocycles. The van der Waals surface area contributed by atoms with Crippen molar-refractivity contribution in [1.29, 1.82) is 0 Å². The average Bonchev–Trinajstić information content (AvgIpc) is 3.33. The Bertz CT molecular complexity index is 903. The number of fused-ring (bicyclic) bond motifs is 3. The lowest BCUT2D eigenvalue weighted by Gasteiger charge is -2.29. The SMILES string of the molecule is Cc1cc(NC2CC3CCC(C2)O3)nc2c(C(=O)NC(C)(C)C3CC3)ccn12. The van der Waals surface area contributed by atoms with Gasteiger partial charge in [-0.25, -0.2) is 4.98 Å². The molecule has 6 nitrogen and oxygen atoms in total. The highest BCUT2D eigenvalue weighted by Crippen LogP contribution is 2.39. The van der Waals surface area contributed by atoms with Crippen LogP contribution in [-0.4, -0.2) is 39.1 Å². The number of hydrogen-bond acceptors (Lipinski definition) is 4. The summed E-state index contributed by atoms with van der Waals surface area (Å²) in [6, 6.07) is 4.34. The highest BCUT2D eigenvalue weighted by Gasteiger charge is 2.39. The number of aromatic nitrogens is 2. The number of amides is 1. The van der Waals surface area contributed by atoms with Crippen LogP contribution in [0.1, 0.15) is 68.4 Å². The molecule has 2 unspecified atom stereocenters. The maximum Gasteiger partial charge on any atom is 0.255 e. The van der Waals surface area contributed by atoms with Crippen molar-refractivity contribution in [3.8, 4) is 0 Å². The molecule has 2 bridgehead atoms. The molecule has 2 aromatic rings. The van der Waals surface area contributed by atoms with E-state index in [1.807, 2.05) is 16.7 Å². The van der Waals surface area contributed by atoms with E-state index in [0.29, 0.717) is 29.7 Å². The van der Waals surface area contributed by atoms with Gasteiger partial charge in [-0.05, 0) is 71.3 Å². The number of ether oxygens (including phenoxy) is 1. The standard InChI is InChI=1S/C22H30N4O2/c1-13-10-19(23-15-11-16-6-7-17(12-15)28-16)24-20-18(8-9-26(13)20)21(27)25-22(2,3)14-4-5-14/h8-10,14-17H,4-7,11-12H2,1-3H3,(H,23,24)(H,25,27). The van der Waals surface area contributed by atoms with Crippen molar-refractivity contribution in [2.45, 2.75) is 83.1 Å². The Labute approximate surface area is 166 Å². The summed E-state index contributed by atoms with van der Waals surface area (Å²) in [5.74, 6) is 1.40. The highest BCUT2D eigenvalue weighted by atomic mass is 16.5. The second-order valence-corrected chi connectivity index (χ2v) is 9.43. The van der Waals surface area contributed by atoms with Crippen LogP contribution in [0.25, 0.3) is 5.65 Å². The Morgan fingerprint density at radius 2 is 1.93 bits per heavy atom. The van der Waals surface area contributed by atoms with E-state index in [2.05, 4.69) is 37.5 Å². The third-order valence-electron chi connectivity index (χ3n) is 6.73. The van der Waals surface area contributed by atoms with Crippen molar-refractivity contribution in [1.82, 2.24) is 14.7 Å². The molecule has 1 amide bonds. The number of rotatable bonds is 5. The number of hydrogen-bond donors (Lipinski definition) is 2. The smallest absolute Gasteiger partial charge is 0.255 e. The summed E-state index contributed by atoms with van der Waals surface area (Å²) in [7, 11) is 0. The molecule has 3 fully saturated rings. The quantitative estimate of drug-likeness (QED) is 0.828. The van der Waals surface area contributed by atoms with E-state index in [-0.39, 0.29) is 11.4 Å². The van der Waals surface area contributed by atoms with Gasteiger partial charge in [0.25, 0.3) is 5.91 Å². The first kappa shape index (κ1) is 18.0. The van der Waals surface area contributed by atoms with Gasteiger partial charge in [0, 0.05) is 29.5 Å². The Morgan fingerprint density at radius 3 is 2.61 bits per heavy atom. The topological polar surface area (TPSA) is 67.7 Å². The molecule has 3 aliphatic rings. The first-order chi connectivity index (χ1) is 13.4. The number of nitrogens with one attached hydrogen (secondary N) is 2. The van der Waals surface area contributed by atoms with Gasteiger partial charge in [0.1, 0.15) is 5.82 Å². The van der Waals surface area contributed by atoms with Crippen molar-refractivity contribution in [3.63, 3.8) is 0 Å². The van der Waals surface area contributed by atoms with Gasteiger partial charge in [0.15, 0.2) is 5.65 Å². The largest absolute Gasteiger partial charge is 0.375 e. The minimum Gasteiger partial charge on any atom is -0.375 e. The van der Waals surface area contributed by atoms with E-state index in [1.165, 1.54) is 25.7 Å². The summed E-state index contributed by atoms with van der Waals surface area (Å²) in [4.78, 5) is 17.8. The van der Waals surface area contributed by atoms with Crippen LogP contribution in [0.15, 0.2) is 18.3 Å². The summed E-state index contributed by atoms with van der Waals surface area (Å²) in [5.41, 5.74) is 2.27. The molecule has 6 heteroatoms. The molecular weight excluding hydrogens is 352 g/mol. The second-order valence-electron chi connectivity index (χ2n) is 9.43. The summed E-state index contributed by atoms with van der Waals surface area (Å²) in [6.45, 7) is 6.29. The van der Waals surface area contributed by atoms with Gasteiger partial charge in [-0.2, -0.15) is 0 Å². The molecule has 150 valence electrons. The lowest BCUT2D eigenvalue weighted by Crippen LogP contribution is -2.45. The Morgan fingerprint density at radius 1 is 1.21 bits per heavy atom. The van der Waals surface area contributed by atoms with Gasteiger partial charge < -0.3 is 19.8 Å². The van der Waals surface area contributed by atoms with Gasteiger partial charge in [-0.1, -0.05) is 0 Å². The van der Waals surface area contributed by atoms with Crippen LogP contribution in [0.2, 0.25) is 0 Å². The van der Waals surface area contributed by atoms with Gasteiger partial charge in [0.2, 0.25) is 0 Å². The van der Waals surface area contributed by atoms with Crippen molar-refractivity contribution >= 4 is 17.4 Å². The fourth-order valence-electron chi connectivity index (χ4n) is 4.94. The zero-order valence-corrected chi connectivity index (χ0v) is 17.0. The summed E-state index contributed by atoms with van der Waals surface area (Å²) >= 11 is 0. The monoisotopic (exact) mass is 382 g/mol. The minimum absolute atomic E-state index is 0.0347. The zero-order valence-electron chi connectivity index (χ0n) is 17.0. The lowest BCUT2D eigenvalue weighted by atomic mass is 9.98. The minimum atomic E-state index is -0.169. The third kappa shape index (κ3) is 3.28. The Hall–Kier alpha value is -2.08. The zero-order chi connectivity index (χ0) is 19.5. The Balaban J connectivity index is 1.39. The van der Waals surface area contributed by atoms with Crippen LogP contribution in [0.3, 0.4) is 0 Å². The molecule has 1 saturated carbocycles. The number of aryl methyl sites for hydroxylation is 1. The third-order valence-corrected chi connectivity index (χ3v) is 6.73. The molecular formula is C22H30N4O2. The predicted octanol–water partition coefficient (Wildman–Crippen LogP) is 3.68. The van der Waals surface area contributed by atoms with E-state index in [4.69, 9.17) is 9.72 Å². The first-order valence-electron chi connectivity index (χ1n) is 10.6. The molecule has 28 heavy (non-hydrogen) atoms.